The van der Waals surface area contributed by atoms with Gasteiger partial charge in [-0.1, -0.05) is 50.5 Å². The summed E-state index contributed by atoms with van der Waals surface area (Å²) in [5, 5.41) is 0. The van der Waals surface area contributed by atoms with Crippen molar-refractivity contribution in [2.24, 2.45) is 0 Å². The van der Waals surface area contributed by atoms with E-state index in [0.717, 1.165) is 25.7 Å². The van der Waals surface area contributed by atoms with Crippen LogP contribution in [0.15, 0.2) is 40.5 Å². The summed E-state index contributed by atoms with van der Waals surface area (Å²) in [7, 11) is 0. The fourth-order valence-corrected chi connectivity index (χ4v) is 2.33. The van der Waals surface area contributed by atoms with Crippen molar-refractivity contribution in [2.45, 2.75) is 39.5 Å². The predicted octanol–water partition coefficient (Wildman–Crippen LogP) is 4.95. The zero-order chi connectivity index (χ0) is 12.0. The first-order valence-electron chi connectivity index (χ1n) is 5.90. The van der Waals surface area contributed by atoms with E-state index in [1.807, 2.05) is 6.88 Å². The van der Waals surface area contributed by atoms with E-state index in [9.17, 15) is 0 Å². The molecule has 0 saturated heterocycles. The van der Waals surface area contributed by atoms with Crippen LogP contribution in [0, 0.1) is 20.9 Å². The van der Waals surface area contributed by atoms with Crippen molar-refractivity contribution in [1.29, 1.82) is 0 Å². The maximum absolute atomic E-state index is 3.51. The van der Waals surface area contributed by atoms with Crippen LogP contribution in [0.25, 0.3) is 0 Å². The molecule has 0 radical (unpaired) electrons. The van der Waals surface area contributed by atoms with Gasteiger partial charge in [-0.15, -0.1) is 36.8 Å². The van der Waals surface area contributed by atoms with E-state index in [1.54, 1.807) is 34.5 Å². The van der Waals surface area contributed by atoms with Crippen LogP contribution in [0.5, 0.6) is 0 Å². The molecule has 0 heterocycles. The van der Waals surface area contributed by atoms with Gasteiger partial charge < -0.3 is 14.9 Å². The number of hydrogen-bond donors (Lipinski definition) is 0. The van der Waals surface area contributed by atoms with E-state index in [4.69, 9.17) is 0 Å². The van der Waals surface area contributed by atoms with Crippen LogP contribution in [0.3, 0.4) is 0 Å². The predicted molar refractivity (Wildman–Crippen MR) is 96.7 cm³/mol. The van der Waals surface area contributed by atoms with Crippen molar-refractivity contribution in [3.8, 4) is 0 Å². The fraction of sp³-hybridized carbons (Fsp3) is 0.375. The second-order valence-electron chi connectivity index (χ2n) is 3.82. The van der Waals surface area contributed by atoms with E-state index in [2.05, 4.69) is 38.2 Å². The molecule has 20 heavy (non-hydrogen) atoms. The number of rotatable bonds is 3. The van der Waals surface area contributed by atoms with Gasteiger partial charge >= 0.3 is 30.2 Å². The molecule has 0 nitrogen and oxygen atoms in total. The van der Waals surface area contributed by atoms with Gasteiger partial charge in [0.15, 0.2) is 0 Å². The third kappa shape index (κ3) is 7.07. The van der Waals surface area contributed by atoms with Crippen LogP contribution in [-0.4, -0.2) is 6.88 Å². The molecular formula is C16H27Cl2SiZr-3. The van der Waals surface area contributed by atoms with E-state index in [-0.39, 0.29) is 39.7 Å². The van der Waals surface area contributed by atoms with Crippen LogP contribution < -0.4 is 0 Å². The van der Waals surface area contributed by atoms with E-state index in [0.29, 0.717) is 0 Å². The van der Waals surface area contributed by atoms with Crippen molar-refractivity contribution in [2.75, 3.05) is 0 Å². The van der Waals surface area contributed by atoms with Crippen LogP contribution >= 0.6 is 24.8 Å². The number of halogens is 2. The molecule has 0 aliphatic heterocycles. The Hall–Kier alpha value is 0.640. The van der Waals surface area contributed by atoms with Crippen molar-refractivity contribution in [3.63, 3.8) is 0 Å². The van der Waals surface area contributed by atoms with Gasteiger partial charge in [-0.3, -0.25) is 6.08 Å². The number of allylic oxidation sites excluding steroid dienone is 8. The van der Waals surface area contributed by atoms with Crippen LogP contribution in [-0.2, 0) is 23.3 Å². The van der Waals surface area contributed by atoms with Crippen LogP contribution in [0.2, 0.25) is 0 Å². The standard InChI is InChI=1S/C14H17.2CH3.2ClH.H2Si.Zr/c1-3-11-9-10-14(13(11)4-2)12-7-5-6-8-12;;;;;;/h5-7H,3-4,8,10H2,1-2H3;2*1H3;2*1H;1H2;/q3*-1;;;;. The summed E-state index contributed by atoms with van der Waals surface area (Å²) in [6, 6.07) is 0. The third-order valence-corrected chi connectivity index (χ3v) is 3.07. The molecule has 0 amide bonds. The molecule has 2 aliphatic carbocycles. The molecule has 2 rings (SSSR count). The Morgan fingerprint density at radius 1 is 1.15 bits per heavy atom. The summed E-state index contributed by atoms with van der Waals surface area (Å²) >= 11 is 1.58. The Bertz CT molecular complexity index is 382. The number of hydrogen-bond acceptors (Lipinski definition) is 0. The van der Waals surface area contributed by atoms with Crippen molar-refractivity contribution >= 4 is 31.7 Å². The van der Waals surface area contributed by atoms with Crippen molar-refractivity contribution in [1.82, 2.24) is 0 Å². The van der Waals surface area contributed by atoms with Crippen molar-refractivity contribution < 1.29 is 23.3 Å². The second-order valence-corrected chi connectivity index (χ2v) is 3.82. The minimum absolute atomic E-state index is 0. The zero-order valence-corrected chi connectivity index (χ0v) is 18.6. The fourth-order valence-electron chi connectivity index (χ4n) is 2.33. The van der Waals surface area contributed by atoms with Gasteiger partial charge in [-0.05, 0) is 6.42 Å². The summed E-state index contributed by atoms with van der Waals surface area (Å²) < 4.78 is 0. The molecule has 0 bridgehead atoms. The Morgan fingerprint density at radius 3 is 2.15 bits per heavy atom. The van der Waals surface area contributed by atoms with E-state index in [1.165, 1.54) is 11.1 Å². The molecule has 0 fully saturated rings. The van der Waals surface area contributed by atoms with E-state index >= 15 is 0 Å². The van der Waals surface area contributed by atoms with Gasteiger partial charge in [0, 0.05) is 0 Å². The summed E-state index contributed by atoms with van der Waals surface area (Å²) in [6.45, 7) is 6.43. The quantitative estimate of drug-likeness (QED) is 0.457. The summed E-state index contributed by atoms with van der Waals surface area (Å²) in [5.74, 6) is 0. The van der Waals surface area contributed by atoms with Crippen molar-refractivity contribution in [3.05, 3.63) is 61.4 Å². The van der Waals surface area contributed by atoms with Gasteiger partial charge in [-0.25, -0.2) is 5.57 Å². The van der Waals surface area contributed by atoms with Gasteiger partial charge in [0.1, 0.15) is 0 Å². The SMILES string of the molecule is CCC1=[C-]CC(C2=CC=CC2)=C1CC.Cl.Cl.[CH3-].[CH3-].[SiH2]=[Zr]. The molecule has 0 aromatic carbocycles. The van der Waals surface area contributed by atoms with Gasteiger partial charge in [0.25, 0.3) is 0 Å². The first-order valence-corrected chi connectivity index (χ1v) is 11.8. The summed E-state index contributed by atoms with van der Waals surface area (Å²) in [4.78, 5) is 0. The maximum atomic E-state index is 3.51. The zero-order valence-electron chi connectivity index (χ0n) is 13.1. The Kier molecular flexibility index (Phi) is 23.0. The molecule has 116 valence electrons. The summed E-state index contributed by atoms with van der Waals surface area (Å²) in [5.41, 5.74) is 6.07. The second kappa shape index (κ2) is 16.0. The average molecular weight is 410 g/mol. The molecule has 4 heteroatoms. The van der Waals surface area contributed by atoms with Gasteiger partial charge in [-0.2, -0.15) is 5.57 Å². The molecule has 0 spiro atoms. The molecule has 0 saturated carbocycles. The molecule has 0 aromatic rings. The molecule has 0 aromatic heterocycles. The van der Waals surface area contributed by atoms with Gasteiger partial charge in [0.2, 0.25) is 0 Å². The Balaban J connectivity index is -0.000000204. The normalized spacial score (nSPS) is 14.4. The first kappa shape index (κ1) is 28.8. The first-order chi connectivity index (χ1) is 7.86. The average Bonchev–Trinajstić information content (AvgIpc) is 2.99. The van der Waals surface area contributed by atoms with Gasteiger partial charge in [0.05, 0.1) is 0 Å². The molecular weight excluding hydrogens is 382 g/mol. The van der Waals surface area contributed by atoms with Crippen LogP contribution in [0.4, 0.5) is 0 Å². The molecule has 2 aliphatic rings. The van der Waals surface area contributed by atoms with E-state index < -0.39 is 0 Å². The minimum atomic E-state index is 0. The van der Waals surface area contributed by atoms with Crippen LogP contribution in [0.1, 0.15) is 39.5 Å². The monoisotopic (exact) mass is 407 g/mol. The summed E-state index contributed by atoms with van der Waals surface area (Å²) in [6.07, 6.45) is 14.6. The molecule has 0 unspecified atom stereocenters. The molecule has 0 N–H and O–H groups in total. The molecule has 0 atom stereocenters. The Labute approximate surface area is 155 Å². The topological polar surface area (TPSA) is 0 Å². The Morgan fingerprint density at radius 2 is 1.75 bits per heavy atom. The third-order valence-electron chi connectivity index (χ3n) is 3.07.